The number of fused-ring (bicyclic) bond motifs is 1. The van der Waals surface area contributed by atoms with Gasteiger partial charge in [-0.05, 0) is 47.0 Å². The second-order valence-corrected chi connectivity index (χ2v) is 4.78. The Bertz CT molecular complexity index is 538. The Morgan fingerprint density at radius 3 is 3.00 bits per heavy atom. The van der Waals surface area contributed by atoms with Crippen molar-refractivity contribution < 1.29 is 0 Å². The van der Waals surface area contributed by atoms with Gasteiger partial charge in [-0.15, -0.1) is 0 Å². The number of benzene rings is 1. The van der Waals surface area contributed by atoms with Crippen LogP contribution in [0.4, 0.5) is 0 Å². The fraction of sp³-hybridized carbons (Fsp3) is 0.111. The molecule has 0 amide bonds. The molecule has 0 spiro atoms. The van der Waals surface area contributed by atoms with Gasteiger partial charge >= 0.3 is 0 Å². The number of thioether (sulfide) groups is 1. The molecule has 0 saturated carbocycles. The van der Waals surface area contributed by atoms with Crippen molar-refractivity contribution in [3.05, 3.63) is 32.1 Å². The topological polar surface area (TPSA) is 45.8 Å². The molecule has 0 aliphatic rings. The Kier molecular flexibility index (Phi) is 2.78. The fourth-order valence-corrected chi connectivity index (χ4v) is 2.06. The maximum atomic E-state index is 11.6. The highest BCUT2D eigenvalue weighted by molar-refractivity contribution is 14.1. The summed E-state index contributed by atoms with van der Waals surface area (Å²) < 4.78 is 1.04. The number of aromatic amines is 1. The van der Waals surface area contributed by atoms with Crippen LogP contribution in [-0.2, 0) is 0 Å². The lowest BCUT2D eigenvalue weighted by molar-refractivity contribution is 0.977. The van der Waals surface area contributed by atoms with Gasteiger partial charge in [-0.2, -0.15) is 0 Å². The largest absolute Gasteiger partial charge is 0.301 e. The maximum Gasteiger partial charge on any atom is 0.259 e. The molecule has 0 radical (unpaired) electrons. The van der Waals surface area contributed by atoms with Crippen LogP contribution in [-0.4, -0.2) is 16.2 Å². The second-order valence-electron chi connectivity index (χ2n) is 2.74. The van der Waals surface area contributed by atoms with Crippen molar-refractivity contribution in [2.75, 3.05) is 6.26 Å². The summed E-state index contributed by atoms with van der Waals surface area (Å²) in [7, 11) is 0. The molecule has 0 aliphatic heterocycles. The van der Waals surface area contributed by atoms with E-state index in [1.807, 2.05) is 24.5 Å². The van der Waals surface area contributed by atoms with Gasteiger partial charge in [0.25, 0.3) is 5.56 Å². The minimum Gasteiger partial charge on any atom is -0.301 e. The van der Waals surface area contributed by atoms with Crippen molar-refractivity contribution in [3.63, 3.8) is 0 Å². The van der Waals surface area contributed by atoms with Crippen molar-refractivity contribution in [3.8, 4) is 0 Å². The maximum absolute atomic E-state index is 11.6. The highest BCUT2D eigenvalue weighted by atomic mass is 127. The lowest BCUT2D eigenvalue weighted by Crippen LogP contribution is -2.08. The van der Waals surface area contributed by atoms with E-state index in [2.05, 4.69) is 32.6 Å². The molecule has 2 rings (SSSR count). The Balaban J connectivity index is 2.83. The highest BCUT2D eigenvalue weighted by Crippen LogP contribution is 2.14. The summed E-state index contributed by atoms with van der Waals surface area (Å²) in [6.07, 6.45) is 1.89. The quantitative estimate of drug-likeness (QED) is 0.498. The minimum atomic E-state index is -0.0714. The standard InChI is InChI=1S/C9H7IN2OS/c1-14-9-11-7-3-2-5(10)4-6(7)8(13)12-9/h2-4H,1H3,(H,11,12,13). The number of H-pyrrole nitrogens is 1. The van der Waals surface area contributed by atoms with Crippen LogP contribution < -0.4 is 5.56 Å². The predicted octanol–water partition coefficient (Wildman–Crippen LogP) is 2.25. The average Bonchev–Trinajstić information content (AvgIpc) is 2.19. The SMILES string of the molecule is CSc1nc2ccc(I)cc2c(=O)[nH]1. The molecule has 5 heteroatoms. The van der Waals surface area contributed by atoms with Crippen LogP contribution in [0.5, 0.6) is 0 Å². The normalized spacial score (nSPS) is 10.7. The van der Waals surface area contributed by atoms with Crippen LogP contribution in [0.15, 0.2) is 28.2 Å². The molecule has 72 valence electrons. The van der Waals surface area contributed by atoms with E-state index >= 15 is 0 Å². The Hall–Kier alpha value is -0.560. The van der Waals surface area contributed by atoms with Crippen LogP contribution in [0.1, 0.15) is 0 Å². The summed E-state index contributed by atoms with van der Waals surface area (Å²) in [6, 6.07) is 5.65. The number of aromatic nitrogens is 2. The third-order valence-electron chi connectivity index (χ3n) is 1.84. The molecule has 0 unspecified atom stereocenters. The van der Waals surface area contributed by atoms with Crippen LogP contribution in [0.25, 0.3) is 10.9 Å². The molecule has 3 nitrogen and oxygen atoms in total. The molecule has 1 aromatic carbocycles. The molecule has 0 aliphatic carbocycles. The van der Waals surface area contributed by atoms with E-state index in [9.17, 15) is 4.79 Å². The molecule has 0 bridgehead atoms. The summed E-state index contributed by atoms with van der Waals surface area (Å²) in [5.41, 5.74) is 0.677. The molecule has 0 atom stereocenters. The van der Waals surface area contributed by atoms with Crippen molar-refractivity contribution in [2.24, 2.45) is 0 Å². The number of hydrogen-bond acceptors (Lipinski definition) is 3. The van der Waals surface area contributed by atoms with Crippen LogP contribution in [0.3, 0.4) is 0 Å². The predicted molar refractivity (Wildman–Crippen MR) is 66.9 cm³/mol. The van der Waals surface area contributed by atoms with E-state index in [4.69, 9.17) is 0 Å². The van der Waals surface area contributed by atoms with Gasteiger partial charge in [0.05, 0.1) is 10.9 Å². The van der Waals surface area contributed by atoms with Gasteiger partial charge in [0.1, 0.15) is 0 Å². The molecule has 2 aromatic rings. The van der Waals surface area contributed by atoms with Gasteiger partial charge in [-0.3, -0.25) is 4.79 Å². The summed E-state index contributed by atoms with van der Waals surface area (Å²) in [5, 5.41) is 1.30. The van der Waals surface area contributed by atoms with E-state index in [1.54, 1.807) is 0 Å². The molecular formula is C9H7IN2OS. The summed E-state index contributed by atoms with van der Waals surface area (Å²) in [6.45, 7) is 0. The summed E-state index contributed by atoms with van der Waals surface area (Å²) in [4.78, 5) is 18.6. The first-order chi connectivity index (χ1) is 6.70. The number of nitrogens with zero attached hydrogens (tertiary/aromatic N) is 1. The van der Waals surface area contributed by atoms with Crippen LogP contribution in [0.2, 0.25) is 0 Å². The number of rotatable bonds is 1. The Morgan fingerprint density at radius 2 is 2.29 bits per heavy atom. The van der Waals surface area contributed by atoms with E-state index in [0.717, 1.165) is 9.09 Å². The number of halogens is 1. The van der Waals surface area contributed by atoms with E-state index in [1.165, 1.54) is 11.8 Å². The highest BCUT2D eigenvalue weighted by Gasteiger charge is 2.02. The van der Waals surface area contributed by atoms with Gasteiger partial charge in [0, 0.05) is 3.57 Å². The van der Waals surface area contributed by atoms with Crippen molar-refractivity contribution in [1.82, 2.24) is 9.97 Å². The number of hydrogen-bond donors (Lipinski definition) is 1. The third-order valence-corrected chi connectivity index (χ3v) is 3.09. The Labute approximate surface area is 98.5 Å². The van der Waals surface area contributed by atoms with Crippen LogP contribution in [0, 0.1) is 3.57 Å². The van der Waals surface area contributed by atoms with E-state index in [-0.39, 0.29) is 5.56 Å². The smallest absolute Gasteiger partial charge is 0.259 e. The molecule has 1 heterocycles. The van der Waals surface area contributed by atoms with Gasteiger partial charge in [0.15, 0.2) is 5.16 Å². The monoisotopic (exact) mass is 318 g/mol. The van der Waals surface area contributed by atoms with Crippen molar-refractivity contribution in [2.45, 2.75) is 5.16 Å². The summed E-state index contributed by atoms with van der Waals surface area (Å²) in [5.74, 6) is 0. The average molecular weight is 318 g/mol. The molecule has 1 N–H and O–H groups in total. The zero-order valence-electron chi connectivity index (χ0n) is 7.37. The van der Waals surface area contributed by atoms with Gasteiger partial charge < -0.3 is 4.98 Å². The first-order valence-electron chi connectivity index (χ1n) is 3.94. The lowest BCUT2D eigenvalue weighted by Gasteiger charge is -1.99. The molecule has 1 aromatic heterocycles. The molecule has 0 saturated heterocycles. The molecule has 0 fully saturated rings. The molecular weight excluding hydrogens is 311 g/mol. The second kappa shape index (κ2) is 3.90. The third kappa shape index (κ3) is 1.78. The molecule has 14 heavy (non-hydrogen) atoms. The first-order valence-corrected chi connectivity index (χ1v) is 6.24. The summed E-state index contributed by atoms with van der Waals surface area (Å²) >= 11 is 3.61. The van der Waals surface area contributed by atoms with Crippen molar-refractivity contribution in [1.29, 1.82) is 0 Å². The van der Waals surface area contributed by atoms with Crippen molar-refractivity contribution >= 4 is 45.3 Å². The Morgan fingerprint density at radius 1 is 1.50 bits per heavy atom. The fourth-order valence-electron chi connectivity index (χ4n) is 1.19. The zero-order valence-corrected chi connectivity index (χ0v) is 10.3. The van der Waals surface area contributed by atoms with Gasteiger partial charge in [0.2, 0.25) is 0 Å². The lowest BCUT2D eigenvalue weighted by atomic mass is 10.2. The van der Waals surface area contributed by atoms with Gasteiger partial charge in [-0.25, -0.2) is 4.98 Å². The zero-order chi connectivity index (χ0) is 10.1. The van der Waals surface area contributed by atoms with Crippen LogP contribution >= 0.6 is 34.4 Å². The van der Waals surface area contributed by atoms with E-state index in [0.29, 0.717) is 10.5 Å². The number of nitrogens with one attached hydrogen (secondary N) is 1. The van der Waals surface area contributed by atoms with E-state index < -0.39 is 0 Å². The minimum absolute atomic E-state index is 0.0714. The first kappa shape index (κ1) is 9.97. The van der Waals surface area contributed by atoms with Gasteiger partial charge in [-0.1, -0.05) is 11.8 Å².